The van der Waals surface area contributed by atoms with Crippen LogP contribution in [0.4, 0.5) is 10.1 Å². The van der Waals surface area contributed by atoms with Crippen molar-refractivity contribution in [2.24, 2.45) is 0 Å². The number of rotatable bonds is 5. The SMILES string of the molecule is COCc1ccc(CN2CC[C@H](c3cccc(F)c3)Sc3ccccc32)o1. The molecular formula is C22H22FNO2S. The minimum absolute atomic E-state index is 0.177. The molecule has 27 heavy (non-hydrogen) atoms. The zero-order chi connectivity index (χ0) is 18.6. The summed E-state index contributed by atoms with van der Waals surface area (Å²) in [7, 11) is 1.66. The molecule has 3 aromatic rings. The van der Waals surface area contributed by atoms with Crippen LogP contribution in [0.5, 0.6) is 0 Å². The molecule has 0 aliphatic carbocycles. The van der Waals surface area contributed by atoms with Crippen LogP contribution in [0.1, 0.15) is 28.8 Å². The molecule has 2 heterocycles. The van der Waals surface area contributed by atoms with Gasteiger partial charge < -0.3 is 14.1 Å². The lowest BCUT2D eigenvalue weighted by atomic mass is 10.1. The van der Waals surface area contributed by atoms with E-state index < -0.39 is 0 Å². The zero-order valence-electron chi connectivity index (χ0n) is 15.2. The Morgan fingerprint density at radius 3 is 2.81 bits per heavy atom. The molecule has 0 spiro atoms. The summed E-state index contributed by atoms with van der Waals surface area (Å²) < 4.78 is 24.7. The van der Waals surface area contributed by atoms with Crippen LogP contribution in [-0.2, 0) is 17.9 Å². The van der Waals surface area contributed by atoms with E-state index in [2.05, 4.69) is 29.2 Å². The van der Waals surface area contributed by atoms with Gasteiger partial charge in [-0.2, -0.15) is 0 Å². The topological polar surface area (TPSA) is 25.6 Å². The second kappa shape index (κ2) is 8.19. The number of fused-ring (bicyclic) bond motifs is 1. The summed E-state index contributed by atoms with van der Waals surface area (Å²) in [5.41, 5.74) is 2.24. The molecule has 0 bridgehead atoms. The Labute approximate surface area is 163 Å². The maximum atomic E-state index is 13.7. The van der Waals surface area contributed by atoms with Crippen LogP contribution in [0.25, 0.3) is 0 Å². The monoisotopic (exact) mass is 383 g/mol. The van der Waals surface area contributed by atoms with Gasteiger partial charge in [-0.1, -0.05) is 24.3 Å². The maximum Gasteiger partial charge on any atom is 0.129 e. The van der Waals surface area contributed by atoms with Gasteiger partial charge in [0.05, 0.1) is 12.2 Å². The van der Waals surface area contributed by atoms with Crippen LogP contribution in [-0.4, -0.2) is 13.7 Å². The van der Waals surface area contributed by atoms with Gasteiger partial charge in [-0.05, 0) is 48.4 Å². The average Bonchev–Trinajstić information content (AvgIpc) is 3.03. The number of halogens is 1. The molecule has 3 nitrogen and oxygen atoms in total. The van der Waals surface area contributed by atoms with Crippen LogP contribution < -0.4 is 4.90 Å². The highest BCUT2D eigenvalue weighted by Crippen LogP contribution is 2.45. The van der Waals surface area contributed by atoms with Gasteiger partial charge >= 0.3 is 0 Å². The number of anilines is 1. The quantitative estimate of drug-likeness (QED) is 0.555. The Hall–Kier alpha value is -2.24. The van der Waals surface area contributed by atoms with E-state index in [9.17, 15) is 4.39 Å². The third-order valence-corrected chi connectivity index (χ3v) is 6.10. The molecule has 0 radical (unpaired) electrons. The molecule has 2 aromatic carbocycles. The smallest absolute Gasteiger partial charge is 0.129 e. The highest BCUT2D eigenvalue weighted by Gasteiger charge is 2.24. The van der Waals surface area contributed by atoms with Crippen molar-refractivity contribution in [3.05, 3.63) is 83.6 Å². The Morgan fingerprint density at radius 2 is 1.96 bits per heavy atom. The molecule has 5 heteroatoms. The van der Waals surface area contributed by atoms with Crippen molar-refractivity contribution < 1.29 is 13.5 Å². The first-order chi connectivity index (χ1) is 13.2. The molecule has 1 aliphatic rings. The van der Waals surface area contributed by atoms with Crippen molar-refractivity contribution >= 4 is 17.4 Å². The molecule has 0 amide bonds. The summed E-state index contributed by atoms with van der Waals surface area (Å²) in [6.45, 7) is 2.07. The van der Waals surface area contributed by atoms with Crippen LogP contribution >= 0.6 is 11.8 Å². The summed E-state index contributed by atoms with van der Waals surface area (Å²) in [6, 6.07) is 19.3. The molecule has 0 N–H and O–H groups in total. The summed E-state index contributed by atoms with van der Waals surface area (Å²) in [4.78, 5) is 3.56. The number of para-hydroxylation sites is 1. The molecule has 0 unspecified atom stereocenters. The van der Waals surface area contributed by atoms with Gasteiger partial charge in [0.15, 0.2) is 0 Å². The van der Waals surface area contributed by atoms with E-state index in [0.717, 1.165) is 30.0 Å². The lowest BCUT2D eigenvalue weighted by Gasteiger charge is -2.23. The average molecular weight is 383 g/mol. The Morgan fingerprint density at radius 1 is 1.11 bits per heavy atom. The van der Waals surface area contributed by atoms with E-state index in [1.165, 1.54) is 16.6 Å². The standard InChI is InChI=1S/C22H22FNO2S/c1-25-15-19-10-9-18(26-19)14-24-12-11-21(16-5-4-6-17(23)13-16)27-22-8-3-2-7-20(22)24/h2-10,13,21H,11-12,14-15H2,1H3/t21-/m1/s1. The minimum atomic E-state index is -0.177. The fraction of sp³-hybridized carbons (Fsp3) is 0.273. The van der Waals surface area contributed by atoms with Gasteiger partial charge in [-0.15, -0.1) is 11.8 Å². The molecule has 0 saturated carbocycles. The van der Waals surface area contributed by atoms with Crippen molar-refractivity contribution in [3.63, 3.8) is 0 Å². The third-order valence-electron chi connectivity index (χ3n) is 4.71. The molecule has 0 saturated heterocycles. The van der Waals surface area contributed by atoms with Gasteiger partial charge in [-0.3, -0.25) is 0 Å². The fourth-order valence-corrected chi connectivity index (χ4v) is 4.73. The number of methoxy groups -OCH3 is 1. The van der Waals surface area contributed by atoms with Crippen LogP contribution in [0, 0.1) is 5.82 Å². The largest absolute Gasteiger partial charge is 0.462 e. The van der Waals surface area contributed by atoms with Gasteiger partial charge in [0.1, 0.15) is 23.9 Å². The normalized spacial score (nSPS) is 16.8. The molecule has 1 atom stereocenters. The number of benzene rings is 2. The number of nitrogens with zero attached hydrogens (tertiary/aromatic N) is 1. The van der Waals surface area contributed by atoms with E-state index in [1.807, 2.05) is 30.0 Å². The van der Waals surface area contributed by atoms with Gasteiger partial charge in [0.2, 0.25) is 0 Å². The van der Waals surface area contributed by atoms with E-state index in [4.69, 9.17) is 9.15 Å². The third kappa shape index (κ3) is 4.20. The maximum absolute atomic E-state index is 13.7. The van der Waals surface area contributed by atoms with Gasteiger partial charge in [-0.25, -0.2) is 4.39 Å². The summed E-state index contributed by atoms with van der Waals surface area (Å²) in [6.07, 6.45) is 0.939. The van der Waals surface area contributed by atoms with Gasteiger partial charge in [0, 0.05) is 23.8 Å². The number of hydrogen-bond acceptors (Lipinski definition) is 4. The van der Waals surface area contributed by atoms with Crippen LogP contribution in [0.3, 0.4) is 0 Å². The zero-order valence-corrected chi connectivity index (χ0v) is 16.0. The number of ether oxygens (including phenoxy) is 1. The van der Waals surface area contributed by atoms with E-state index in [1.54, 1.807) is 19.2 Å². The Balaban J connectivity index is 1.59. The first-order valence-corrected chi connectivity index (χ1v) is 9.93. The molecule has 1 aromatic heterocycles. The summed E-state index contributed by atoms with van der Waals surface area (Å²) in [5, 5.41) is 0.229. The van der Waals surface area contributed by atoms with Gasteiger partial charge in [0.25, 0.3) is 0 Å². The Kier molecular flexibility index (Phi) is 5.50. The molecule has 0 fully saturated rings. The van der Waals surface area contributed by atoms with E-state index in [-0.39, 0.29) is 11.1 Å². The van der Waals surface area contributed by atoms with Crippen molar-refractivity contribution in [1.82, 2.24) is 0 Å². The number of hydrogen-bond donors (Lipinski definition) is 0. The van der Waals surface area contributed by atoms with Crippen molar-refractivity contribution in [1.29, 1.82) is 0 Å². The molecular weight excluding hydrogens is 361 g/mol. The second-order valence-electron chi connectivity index (χ2n) is 6.64. The number of furan rings is 1. The van der Waals surface area contributed by atoms with E-state index >= 15 is 0 Å². The predicted octanol–water partition coefficient (Wildman–Crippen LogP) is 5.81. The highest BCUT2D eigenvalue weighted by molar-refractivity contribution is 7.99. The van der Waals surface area contributed by atoms with Crippen LogP contribution in [0.2, 0.25) is 0 Å². The summed E-state index contributed by atoms with van der Waals surface area (Å²) in [5.74, 6) is 1.58. The van der Waals surface area contributed by atoms with Crippen molar-refractivity contribution in [3.8, 4) is 0 Å². The lowest BCUT2D eigenvalue weighted by molar-refractivity contribution is 0.162. The van der Waals surface area contributed by atoms with Crippen LogP contribution in [0.15, 0.2) is 70.0 Å². The second-order valence-corrected chi connectivity index (χ2v) is 7.89. The molecule has 140 valence electrons. The van der Waals surface area contributed by atoms with Crippen molar-refractivity contribution in [2.45, 2.75) is 29.7 Å². The molecule has 1 aliphatic heterocycles. The molecule has 4 rings (SSSR count). The predicted molar refractivity (Wildman–Crippen MR) is 107 cm³/mol. The van der Waals surface area contributed by atoms with Crippen molar-refractivity contribution in [2.75, 3.05) is 18.6 Å². The summed E-state index contributed by atoms with van der Waals surface area (Å²) >= 11 is 1.81. The lowest BCUT2D eigenvalue weighted by Crippen LogP contribution is -2.23. The Bertz CT molecular complexity index is 911. The number of thioether (sulfide) groups is 1. The highest BCUT2D eigenvalue weighted by atomic mass is 32.2. The van der Waals surface area contributed by atoms with E-state index in [0.29, 0.717) is 13.2 Å². The fourth-order valence-electron chi connectivity index (χ4n) is 3.44. The first-order valence-electron chi connectivity index (χ1n) is 9.05. The minimum Gasteiger partial charge on any atom is -0.462 e. The first kappa shape index (κ1) is 18.1.